The summed E-state index contributed by atoms with van der Waals surface area (Å²) in [5, 5.41) is 8.97. The van der Waals surface area contributed by atoms with Gasteiger partial charge in [-0.1, -0.05) is 105 Å². The molecule has 234 valence electrons. The van der Waals surface area contributed by atoms with E-state index in [0.717, 1.165) is 50.4 Å². The van der Waals surface area contributed by atoms with E-state index in [9.17, 15) is 14.4 Å². The van der Waals surface area contributed by atoms with E-state index in [0.29, 0.717) is 6.42 Å². The molecule has 1 rings (SSSR count). The summed E-state index contributed by atoms with van der Waals surface area (Å²) < 4.78 is 26.2. The minimum absolute atomic E-state index is 0.0898. The fraction of sp³-hybridized carbons (Fsp3) is 0.903. The van der Waals surface area contributed by atoms with Crippen LogP contribution in [0.5, 0.6) is 0 Å². The predicted octanol–water partition coefficient (Wildman–Crippen LogP) is 9.05. The zero-order valence-electron chi connectivity index (χ0n) is 25.5. The van der Waals surface area contributed by atoms with Crippen LogP contribution in [0.2, 0.25) is 0 Å². The predicted molar refractivity (Wildman–Crippen MR) is 154 cm³/mol. The van der Waals surface area contributed by atoms with Crippen LogP contribution in [0.1, 0.15) is 137 Å². The van der Waals surface area contributed by atoms with Crippen molar-refractivity contribution >= 4 is 18.5 Å². The first-order valence-electron chi connectivity index (χ1n) is 15.7. The Morgan fingerprint density at radius 3 is 1.48 bits per heavy atom. The third-order valence-corrected chi connectivity index (χ3v) is 7.24. The quantitative estimate of drug-likeness (QED) is 0.0816. The summed E-state index contributed by atoms with van der Waals surface area (Å²) in [5.41, 5.74) is 0. The molecule has 0 radical (unpaired) electrons. The zero-order valence-corrected chi connectivity index (χ0v) is 25.5. The Morgan fingerprint density at radius 1 is 0.600 bits per heavy atom. The number of carbonyl (C=O) groups excluding carboxylic acids is 2. The van der Waals surface area contributed by atoms with E-state index < -0.39 is 36.8 Å². The highest BCUT2D eigenvalue weighted by Crippen LogP contribution is 2.27. The van der Waals surface area contributed by atoms with Crippen LogP contribution in [0.4, 0.5) is 14.4 Å². The van der Waals surface area contributed by atoms with Gasteiger partial charge in [0, 0.05) is 6.42 Å². The summed E-state index contributed by atoms with van der Waals surface area (Å²) in [5.74, 6) is 1.49. The molecule has 1 fully saturated rings. The van der Waals surface area contributed by atoms with Crippen LogP contribution < -0.4 is 0 Å². The Hall–Kier alpha value is -2.19. The van der Waals surface area contributed by atoms with E-state index in [1.54, 1.807) is 0 Å². The second kappa shape index (κ2) is 22.5. The summed E-state index contributed by atoms with van der Waals surface area (Å²) in [4.78, 5) is 35.6. The van der Waals surface area contributed by atoms with Crippen LogP contribution in [0.15, 0.2) is 0 Å². The highest BCUT2D eigenvalue weighted by atomic mass is 16.8. The maximum atomic E-state index is 12.3. The van der Waals surface area contributed by atoms with Crippen molar-refractivity contribution in [2.45, 2.75) is 155 Å². The van der Waals surface area contributed by atoms with Gasteiger partial charge >= 0.3 is 18.5 Å². The third-order valence-electron chi connectivity index (χ3n) is 7.24. The van der Waals surface area contributed by atoms with Crippen LogP contribution >= 0.6 is 0 Å². The maximum Gasteiger partial charge on any atom is 0.508 e. The molecule has 0 aromatic rings. The zero-order chi connectivity index (χ0) is 29.6. The second-order valence-electron chi connectivity index (χ2n) is 11.9. The highest BCUT2D eigenvalue weighted by molar-refractivity contribution is 5.61. The van der Waals surface area contributed by atoms with E-state index in [4.69, 9.17) is 28.8 Å². The number of ether oxygens (including phenoxy) is 5. The number of carbonyl (C=O) groups is 3. The molecule has 9 nitrogen and oxygen atoms in total. The van der Waals surface area contributed by atoms with Crippen molar-refractivity contribution in [1.29, 1.82) is 0 Å². The lowest BCUT2D eigenvalue weighted by Gasteiger charge is -2.33. The molecule has 1 aliphatic rings. The summed E-state index contributed by atoms with van der Waals surface area (Å²) in [6, 6.07) is 0. The molecule has 0 aromatic heterocycles. The average Bonchev–Trinajstić information content (AvgIpc) is 2.87. The first-order chi connectivity index (χ1) is 19.2. The van der Waals surface area contributed by atoms with Gasteiger partial charge in [0.15, 0.2) is 0 Å². The van der Waals surface area contributed by atoms with Gasteiger partial charge in [-0.25, -0.2) is 14.4 Å². The SMILES string of the molecule is CC(C)CCCCCCCCOC(=O)OC1CCC(OC(=O)O)CC1OC(=O)OCCCCCCCCC(C)C. The van der Waals surface area contributed by atoms with Crippen molar-refractivity contribution < 1.29 is 43.2 Å². The number of hydrogen-bond donors (Lipinski definition) is 1. The van der Waals surface area contributed by atoms with Gasteiger partial charge in [0.25, 0.3) is 0 Å². The van der Waals surface area contributed by atoms with E-state index in [-0.39, 0.29) is 26.1 Å². The summed E-state index contributed by atoms with van der Waals surface area (Å²) in [7, 11) is 0. The second-order valence-corrected chi connectivity index (χ2v) is 11.9. The molecular weight excluding hydrogens is 516 g/mol. The molecule has 3 atom stereocenters. The van der Waals surface area contributed by atoms with E-state index in [1.165, 1.54) is 51.4 Å². The van der Waals surface area contributed by atoms with Gasteiger partial charge in [-0.15, -0.1) is 0 Å². The maximum absolute atomic E-state index is 12.3. The molecule has 9 heteroatoms. The standard InChI is InChI=1S/C31H56O9/c1-24(2)17-13-9-5-7-11-15-21-36-30(34)39-27-20-19-26(38-29(32)33)23-28(27)40-31(35)37-22-16-12-8-6-10-14-18-25(3)4/h24-28H,5-23H2,1-4H3,(H,32,33). The van der Waals surface area contributed by atoms with Gasteiger partial charge in [-0.3, -0.25) is 0 Å². The number of rotatable bonds is 21. The molecule has 0 saturated heterocycles. The highest BCUT2D eigenvalue weighted by Gasteiger charge is 2.38. The molecular formula is C31H56O9. The summed E-state index contributed by atoms with van der Waals surface area (Å²) in [6.07, 6.45) is 11.0. The van der Waals surface area contributed by atoms with Gasteiger partial charge in [-0.2, -0.15) is 0 Å². The minimum Gasteiger partial charge on any atom is -0.450 e. The summed E-state index contributed by atoms with van der Waals surface area (Å²) >= 11 is 0. The Balaban J connectivity index is 2.31. The normalized spacial score (nSPS) is 18.9. The van der Waals surface area contributed by atoms with Crippen LogP contribution in [0.25, 0.3) is 0 Å². The monoisotopic (exact) mass is 572 g/mol. The number of carboxylic acid groups (broad SMARTS) is 1. The van der Waals surface area contributed by atoms with Crippen molar-refractivity contribution in [3.05, 3.63) is 0 Å². The lowest BCUT2D eigenvalue weighted by molar-refractivity contribution is -0.0963. The first kappa shape index (κ1) is 35.8. The van der Waals surface area contributed by atoms with Gasteiger partial charge in [0.2, 0.25) is 0 Å². The summed E-state index contributed by atoms with van der Waals surface area (Å²) in [6.45, 7) is 9.48. The van der Waals surface area contributed by atoms with Crippen molar-refractivity contribution in [2.75, 3.05) is 13.2 Å². The molecule has 0 heterocycles. The molecule has 0 spiro atoms. The molecule has 40 heavy (non-hydrogen) atoms. The van der Waals surface area contributed by atoms with E-state index in [1.807, 2.05) is 0 Å². The van der Waals surface area contributed by atoms with Gasteiger partial charge in [0.1, 0.15) is 18.3 Å². The van der Waals surface area contributed by atoms with E-state index in [2.05, 4.69) is 27.7 Å². The fourth-order valence-electron chi connectivity index (χ4n) is 4.92. The average molecular weight is 573 g/mol. The minimum atomic E-state index is -1.39. The smallest absolute Gasteiger partial charge is 0.450 e. The van der Waals surface area contributed by atoms with Crippen molar-refractivity contribution in [3.63, 3.8) is 0 Å². The number of hydrogen-bond acceptors (Lipinski definition) is 8. The van der Waals surface area contributed by atoms with E-state index >= 15 is 0 Å². The molecule has 3 unspecified atom stereocenters. The molecule has 1 saturated carbocycles. The molecule has 0 aromatic carbocycles. The number of unbranched alkanes of at least 4 members (excludes halogenated alkanes) is 10. The Labute approximate surface area is 242 Å². The van der Waals surface area contributed by atoms with Gasteiger partial charge < -0.3 is 28.8 Å². The van der Waals surface area contributed by atoms with Crippen LogP contribution in [-0.4, -0.2) is 55.1 Å². The molecule has 1 N–H and O–H groups in total. The van der Waals surface area contributed by atoms with Crippen molar-refractivity contribution in [3.8, 4) is 0 Å². The lowest BCUT2D eigenvalue weighted by atomic mass is 9.92. The van der Waals surface area contributed by atoms with Gasteiger partial charge in [-0.05, 0) is 37.5 Å². The van der Waals surface area contributed by atoms with Crippen molar-refractivity contribution in [2.24, 2.45) is 11.8 Å². The molecule has 0 amide bonds. The lowest BCUT2D eigenvalue weighted by Crippen LogP contribution is -2.43. The largest absolute Gasteiger partial charge is 0.508 e. The third kappa shape index (κ3) is 19.8. The van der Waals surface area contributed by atoms with Crippen LogP contribution in [0.3, 0.4) is 0 Å². The Kier molecular flexibility index (Phi) is 20.2. The Bertz CT molecular complexity index is 680. The first-order valence-corrected chi connectivity index (χ1v) is 15.7. The topological polar surface area (TPSA) is 118 Å². The molecule has 1 aliphatic carbocycles. The van der Waals surface area contributed by atoms with Crippen molar-refractivity contribution in [1.82, 2.24) is 0 Å². The Morgan fingerprint density at radius 2 is 1.02 bits per heavy atom. The van der Waals surface area contributed by atoms with Crippen LogP contribution in [0, 0.1) is 11.8 Å². The molecule has 0 aliphatic heterocycles. The molecule has 0 bridgehead atoms. The van der Waals surface area contributed by atoms with Gasteiger partial charge in [0.05, 0.1) is 13.2 Å². The van der Waals surface area contributed by atoms with Crippen LogP contribution in [-0.2, 0) is 23.7 Å². The fourth-order valence-corrected chi connectivity index (χ4v) is 4.92.